The Balaban J connectivity index is 1.28. The third kappa shape index (κ3) is 4.98. The van der Waals surface area contributed by atoms with E-state index in [1.807, 2.05) is 0 Å². The SMILES string of the molecule is C[C@]1(C(N)=O)COc2c1cc([C@@H](CNC(=O)c1cc(Cl)c3nn(C4CC4)cc3c1)C(F)(F)F)nc2-c1csc2c(F)cccc12. The fourth-order valence-corrected chi connectivity index (χ4v) is 6.85. The molecule has 0 spiro atoms. The van der Waals surface area contributed by atoms with Crippen molar-refractivity contribution in [1.82, 2.24) is 20.1 Å². The van der Waals surface area contributed by atoms with E-state index in [1.165, 1.54) is 31.2 Å². The molecule has 0 bridgehead atoms. The summed E-state index contributed by atoms with van der Waals surface area (Å²) in [6.07, 6.45) is -1.12. The number of hydrogen-bond donors (Lipinski definition) is 2. The minimum atomic E-state index is -4.86. The van der Waals surface area contributed by atoms with Gasteiger partial charge in [0.05, 0.1) is 21.5 Å². The molecular weight excluding hydrogens is 634 g/mol. The van der Waals surface area contributed by atoms with Crippen LogP contribution in [0, 0.1) is 5.82 Å². The fourth-order valence-electron chi connectivity index (χ4n) is 5.63. The second kappa shape index (κ2) is 10.4. The van der Waals surface area contributed by atoms with Crippen molar-refractivity contribution >= 4 is 55.7 Å². The first kappa shape index (κ1) is 29.5. The lowest BCUT2D eigenvalue weighted by Crippen LogP contribution is -2.40. The Morgan fingerprint density at radius 2 is 2.04 bits per heavy atom. The summed E-state index contributed by atoms with van der Waals surface area (Å²) in [5.74, 6) is -4.23. The van der Waals surface area contributed by atoms with Crippen LogP contribution >= 0.6 is 22.9 Å². The summed E-state index contributed by atoms with van der Waals surface area (Å²) in [7, 11) is 0. The summed E-state index contributed by atoms with van der Waals surface area (Å²) >= 11 is 7.45. The average Bonchev–Trinajstić information content (AvgIpc) is 3.43. The lowest BCUT2D eigenvalue weighted by molar-refractivity contribution is -0.149. The van der Waals surface area contributed by atoms with Crippen LogP contribution < -0.4 is 15.8 Å². The average molecular weight is 658 g/mol. The molecule has 2 atom stereocenters. The Labute approximate surface area is 262 Å². The van der Waals surface area contributed by atoms with Gasteiger partial charge in [0.15, 0.2) is 0 Å². The molecule has 45 heavy (non-hydrogen) atoms. The van der Waals surface area contributed by atoms with Crippen LogP contribution in [0.2, 0.25) is 5.02 Å². The second-order valence-corrected chi connectivity index (χ2v) is 12.9. The summed E-state index contributed by atoms with van der Waals surface area (Å²) in [4.78, 5) is 30.1. The highest BCUT2D eigenvalue weighted by atomic mass is 35.5. The van der Waals surface area contributed by atoms with Crippen LogP contribution in [-0.2, 0) is 10.2 Å². The van der Waals surface area contributed by atoms with Gasteiger partial charge < -0.3 is 15.8 Å². The van der Waals surface area contributed by atoms with E-state index in [1.54, 1.807) is 22.3 Å². The Bertz CT molecular complexity index is 2040. The number of hydrogen-bond acceptors (Lipinski definition) is 6. The number of carbonyl (C=O) groups excluding carboxylic acids is 2. The minimum Gasteiger partial charge on any atom is -0.489 e. The van der Waals surface area contributed by atoms with E-state index in [-0.39, 0.29) is 40.2 Å². The van der Waals surface area contributed by atoms with Crippen LogP contribution in [0.1, 0.15) is 53.3 Å². The predicted octanol–water partition coefficient (Wildman–Crippen LogP) is 6.65. The van der Waals surface area contributed by atoms with Crippen LogP contribution in [0.25, 0.3) is 32.2 Å². The van der Waals surface area contributed by atoms with E-state index < -0.39 is 47.4 Å². The molecule has 232 valence electrons. The van der Waals surface area contributed by atoms with E-state index in [0.717, 1.165) is 30.2 Å². The van der Waals surface area contributed by atoms with Gasteiger partial charge in [-0.05, 0) is 44.0 Å². The van der Waals surface area contributed by atoms with E-state index in [2.05, 4.69) is 15.4 Å². The van der Waals surface area contributed by atoms with Gasteiger partial charge in [-0.2, -0.15) is 18.3 Å². The highest BCUT2D eigenvalue weighted by Gasteiger charge is 2.47. The summed E-state index contributed by atoms with van der Waals surface area (Å²) in [5, 5.41) is 9.66. The molecule has 2 aromatic carbocycles. The summed E-state index contributed by atoms with van der Waals surface area (Å²) in [6, 6.07) is 8.73. The van der Waals surface area contributed by atoms with Crippen LogP contribution in [-0.4, -0.2) is 45.9 Å². The number of ether oxygens (including phenoxy) is 1. The van der Waals surface area contributed by atoms with Gasteiger partial charge in [-0.15, -0.1) is 11.3 Å². The number of nitrogens with two attached hydrogens (primary N) is 1. The number of nitrogens with one attached hydrogen (secondary N) is 1. The van der Waals surface area contributed by atoms with Crippen molar-refractivity contribution in [1.29, 1.82) is 0 Å². The van der Waals surface area contributed by atoms with Crippen molar-refractivity contribution < 1.29 is 31.9 Å². The number of aromatic nitrogens is 3. The molecule has 1 aliphatic heterocycles. The number of rotatable bonds is 7. The lowest BCUT2D eigenvalue weighted by Gasteiger charge is -2.24. The minimum absolute atomic E-state index is 0.0230. The first-order valence-electron chi connectivity index (χ1n) is 14.0. The van der Waals surface area contributed by atoms with Gasteiger partial charge in [0, 0.05) is 45.6 Å². The first-order chi connectivity index (χ1) is 21.3. The van der Waals surface area contributed by atoms with Crippen molar-refractivity contribution in [3.8, 4) is 17.0 Å². The number of primary amides is 1. The summed E-state index contributed by atoms with van der Waals surface area (Å²) in [6.45, 7) is 0.410. The zero-order chi connectivity index (χ0) is 31.8. The van der Waals surface area contributed by atoms with E-state index in [9.17, 15) is 27.2 Å². The van der Waals surface area contributed by atoms with Gasteiger partial charge in [0.1, 0.15) is 40.7 Å². The van der Waals surface area contributed by atoms with Crippen LogP contribution in [0.4, 0.5) is 17.6 Å². The topological polar surface area (TPSA) is 112 Å². The number of nitrogens with zero attached hydrogens (tertiary/aromatic N) is 3. The third-order valence-electron chi connectivity index (χ3n) is 8.42. The predicted molar refractivity (Wildman–Crippen MR) is 161 cm³/mol. The maximum atomic E-state index is 14.7. The number of fused-ring (bicyclic) bond motifs is 3. The molecule has 0 radical (unpaired) electrons. The largest absolute Gasteiger partial charge is 0.489 e. The Kier molecular flexibility index (Phi) is 6.82. The molecule has 4 heterocycles. The number of halogens is 5. The van der Waals surface area contributed by atoms with Gasteiger partial charge in [0.25, 0.3) is 5.91 Å². The van der Waals surface area contributed by atoms with Crippen molar-refractivity contribution in [2.24, 2.45) is 5.73 Å². The molecule has 8 nitrogen and oxygen atoms in total. The molecule has 14 heteroatoms. The molecule has 5 aromatic rings. The molecule has 7 rings (SSSR count). The first-order valence-corrected chi connectivity index (χ1v) is 15.3. The quantitative estimate of drug-likeness (QED) is 0.190. The summed E-state index contributed by atoms with van der Waals surface area (Å²) in [5.41, 5.74) is 4.87. The number of alkyl halides is 3. The van der Waals surface area contributed by atoms with Crippen molar-refractivity contribution in [2.75, 3.05) is 13.2 Å². The molecule has 0 unspecified atom stereocenters. The molecule has 0 saturated heterocycles. The highest BCUT2D eigenvalue weighted by Crippen LogP contribution is 2.49. The molecular formula is C31H24ClF4N5O3S. The van der Waals surface area contributed by atoms with Gasteiger partial charge in [0.2, 0.25) is 5.91 Å². The second-order valence-electron chi connectivity index (χ2n) is 11.6. The number of thiophene rings is 1. The van der Waals surface area contributed by atoms with Gasteiger partial charge in [-0.25, -0.2) is 9.37 Å². The fraction of sp³-hybridized carbons (Fsp3) is 0.290. The number of pyridine rings is 1. The van der Waals surface area contributed by atoms with Gasteiger partial charge in [-0.3, -0.25) is 14.3 Å². The molecule has 1 fully saturated rings. The van der Waals surface area contributed by atoms with E-state index in [4.69, 9.17) is 22.1 Å². The standard InChI is InChI=1S/C31H24ClF4N5O3S/c1-30(29(37)43)13-44-26-19(30)9-23(39-25(26)18-12-45-27-17(18)3-2-4-22(27)33)20(31(34,35)36)10-38-28(42)14-7-15-11-41(16-5-6-16)40-24(15)21(32)8-14/h2-4,7-9,11-12,16,20H,5-6,10,13H2,1H3,(H2,37,43)(H,38,42)/t20-,30+/m1/s1. The van der Waals surface area contributed by atoms with Crippen molar-refractivity contribution in [2.45, 2.75) is 43.3 Å². The molecule has 3 aromatic heterocycles. The molecule has 1 saturated carbocycles. The number of amides is 2. The van der Waals surface area contributed by atoms with Crippen molar-refractivity contribution in [3.63, 3.8) is 0 Å². The Morgan fingerprint density at radius 1 is 1.27 bits per heavy atom. The van der Waals surface area contributed by atoms with Crippen LogP contribution in [0.5, 0.6) is 5.75 Å². The van der Waals surface area contributed by atoms with Crippen LogP contribution in [0.15, 0.2) is 48.0 Å². The Morgan fingerprint density at radius 3 is 2.76 bits per heavy atom. The normalized spacial score (nSPS) is 18.6. The molecule has 2 aliphatic rings. The number of carbonyl (C=O) groups is 2. The van der Waals surface area contributed by atoms with Crippen LogP contribution in [0.3, 0.4) is 0 Å². The smallest absolute Gasteiger partial charge is 0.398 e. The zero-order valence-electron chi connectivity index (χ0n) is 23.5. The van der Waals surface area contributed by atoms with Crippen molar-refractivity contribution in [3.05, 3.63) is 75.6 Å². The van der Waals surface area contributed by atoms with E-state index in [0.29, 0.717) is 26.6 Å². The Hall–Kier alpha value is -4.23. The molecule has 2 amide bonds. The maximum Gasteiger partial charge on any atom is 0.398 e. The zero-order valence-corrected chi connectivity index (χ0v) is 25.1. The summed E-state index contributed by atoms with van der Waals surface area (Å²) < 4.78 is 66.6. The molecule has 3 N–H and O–H groups in total. The monoisotopic (exact) mass is 657 g/mol. The molecule has 1 aliphatic carbocycles. The van der Waals surface area contributed by atoms with E-state index >= 15 is 0 Å². The maximum absolute atomic E-state index is 14.7. The van der Waals surface area contributed by atoms with Gasteiger partial charge in [-0.1, -0.05) is 23.7 Å². The van der Waals surface area contributed by atoms with Gasteiger partial charge >= 0.3 is 6.18 Å². The lowest BCUT2D eigenvalue weighted by atomic mass is 9.82. The highest BCUT2D eigenvalue weighted by molar-refractivity contribution is 7.17. The number of benzene rings is 2. The third-order valence-corrected chi connectivity index (χ3v) is 9.72.